The van der Waals surface area contributed by atoms with Crippen LogP contribution >= 0.6 is 0 Å². The van der Waals surface area contributed by atoms with Crippen LogP contribution in [0.4, 0.5) is 0 Å². The Morgan fingerprint density at radius 1 is 1.32 bits per heavy atom. The Labute approximate surface area is 127 Å². The van der Waals surface area contributed by atoms with E-state index in [1.54, 1.807) is 31.2 Å². The molecule has 2 N–H and O–H groups in total. The molecule has 1 aliphatic rings. The number of fused-ring (bicyclic) bond motifs is 1. The van der Waals surface area contributed by atoms with Crippen molar-refractivity contribution in [1.82, 2.24) is 5.32 Å². The number of nitrogens with one attached hydrogen (secondary N) is 1. The van der Waals surface area contributed by atoms with Crippen LogP contribution in [0.15, 0.2) is 40.8 Å². The van der Waals surface area contributed by atoms with Crippen molar-refractivity contribution in [3.63, 3.8) is 0 Å². The second kappa shape index (κ2) is 6.11. The van der Waals surface area contributed by atoms with Gasteiger partial charge in [-0.3, -0.25) is 4.79 Å². The van der Waals surface area contributed by atoms with Crippen molar-refractivity contribution >= 4 is 5.91 Å². The van der Waals surface area contributed by atoms with Gasteiger partial charge >= 0.3 is 0 Å². The van der Waals surface area contributed by atoms with Gasteiger partial charge in [-0.25, -0.2) is 0 Å². The maximum absolute atomic E-state index is 12.1. The zero-order chi connectivity index (χ0) is 15.5. The average molecular weight is 303 g/mol. The number of hydrogen-bond donors (Lipinski definition) is 2. The lowest BCUT2D eigenvalue weighted by Gasteiger charge is -2.25. The summed E-state index contributed by atoms with van der Waals surface area (Å²) >= 11 is 0. The Bertz CT molecular complexity index is 666. The molecule has 1 aromatic carbocycles. The number of aliphatic hydroxyl groups is 1. The van der Waals surface area contributed by atoms with Gasteiger partial charge in [-0.05, 0) is 31.2 Å². The summed E-state index contributed by atoms with van der Waals surface area (Å²) in [6.45, 7) is 1.98. The molecule has 6 heteroatoms. The summed E-state index contributed by atoms with van der Waals surface area (Å²) in [6, 6.07) is 10.6. The van der Waals surface area contributed by atoms with Crippen LogP contribution in [0.2, 0.25) is 0 Å². The van der Waals surface area contributed by atoms with Crippen LogP contribution in [0, 0.1) is 6.92 Å². The van der Waals surface area contributed by atoms with Gasteiger partial charge in [0, 0.05) is 0 Å². The first-order valence-corrected chi connectivity index (χ1v) is 7.04. The van der Waals surface area contributed by atoms with Gasteiger partial charge in [-0.2, -0.15) is 0 Å². The second-order valence-electron chi connectivity index (χ2n) is 5.07. The highest BCUT2D eigenvalue weighted by molar-refractivity contribution is 5.81. The largest absolute Gasteiger partial charge is 0.485 e. The number of carbonyl (C=O) groups excluding carboxylic acids is 1. The summed E-state index contributed by atoms with van der Waals surface area (Å²) in [6.07, 6.45) is -1.63. The average Bonchev–Trinajstić information content (AvgIpc) is 2.98. The minimum absolute atomic E-state index is 0.0489. The van der Waals surface area contributed by atoms with Crippen molar-refractivity contribution in [3.8, 4) is 11.5 Å². The van der Waals surface area contributed by atoms with Crippen molar-refractivity contribution in [3.05, 3.63) is 47.9 Å². The molecule has 116 valence electrons. The predicted molar refractivity (Wildman–Crippen MR) is 77.8 cm³/mol. The van der Waals surface area contributed by atoms with Gasteiger partial charge in [0.1, 0.15) is 24.2 Å². The van der Waals surface area contributed by atoms with Crippen LogP contribution in [0.5, 0.6) is 11.5 Å². The molecule has 0 saturated heterocycles. The number of carbonyl (C=O) groups is 1. The minimum Gasteiger partial charge on any atom is -0.485 e. The third kappa shape index (κ3) is 3.07. The number of aryl methyl sites for hydroxylation is 1. The minimum atomic E-state index is -0.894. The molecule has 3 rings (SSSR count). The zero-order valence-corrected chi connectivity index (χ0v) is 12.1. The molecule has 0 unspecified atom stereocenters. The number of para-hydroxylation sites is 2. The molecule has 0 spiro atoms. The molecule has 22 heavy (non-hydrogen) atoms. The van der Waals surface area contributed by atoms with Crippen LogP contribution in [0.1, 0.15) is 17.6 Å². The number of amides is 1. The Hall–Kier alpha value is -2.47. The second-order valence-corrected chi connectivity index (χ2v) is 5.07. The van der Waals surface area contributed by atoms with Crippen molar-refractivity contribution in [2.24, 2.45) is 0 Å². The molecule has 6 nitrogen and oxygen atoms in total. The number of ether oxygens (including phenoxy) is 2. The topological polar surface area (TPSA) is 80.9 Å². The molecule has 2 heterocycles. The van der Waals surface area contributed by atoms with Crippen LogP contribution in [0.25, 0.3) is 0 Å². The van der Waals surface area contributed by atoms with E-state index in [1.165, 1.54) is 0 Å². The Balaban J connectivity index is 1.55. The Kier molecular flexibility index (Phi) is 4.02. The summed E-state index contributed by atoms with van der Waals surface area (Å²) in [5.74, 6) is 1.95. The summed E-state index contributed by atoms with van der Waals surface area (Å²) in [5.41, 5.74) is 0. The molecule has 1 amide bonds. The van der Waals surface area contributed by atoms with Crippen molar-refractivity contribution in [2.75, 3.05) is 13.2 Å². The van der Waals surface area contributed by atoms with Gasteiger partial charge in [0.05, 0.1) is 6.54 Å². The molecule has 1 aromatic heterocycles. The first-order valence-electron chi connectivity index (χ1n) is 7.04. The third-order valence-corrected chi connectivity index (χ3v) is 3.36. The highest BCUT2D eigenvalue weighted by Gasteiger charge is 2.27. The predicted octanol–water partition coefficient (Wildman–Crippen LogP) is 1.58. The molecular formula is C16H17NO5. The number of furan rings is 1. The summed E-state index contributed by atoms with van der Waals surface area (Å²) in [7, 11) is 0. The van der Waals surface area contributed by atoms with E-state index in [9.17, 15) is 9.90 Å². The molecule has 0 radical (unpaired) electrons. The van der Waals surface area contributed by atoms with Crippen LogP contribution in [-0.4, -0.2) is 30.3 Å². The fraction of sp³-hybridized carbons (Fsp3) is 0.312. The molecule has 2 aromatic rings. The van der Waals surface area contributed by atoms with E-state index in [-0.39, 0.29) is 19.1 Å². The van der Waals surface area contributed by atoms with Crippen LogP contribution < -0.4 is 14.8 Å². The molecule has 0 aliphatic carbocycles. The van der Waals surface area contributed by atoms with E-state index in [0.29, 0.717) is 23.0 Å². The molecular weight excluding hydrogens is 286 g/mol. The lowest BCUT2D eigenvalue weighted by molar-refractivity contribution is -0.130. The number of rotatable bonds is 4. The van der Waals surface area contributed by atoms with Crippen LogP contribution in [0.3, 0.4) is 0 Å². The first kappa shape index (κ1) is 14.5. The highest BCUT2D eigenvalue weighted by Crippen LogP contribution is 2.30. The third-order valence-electron chi connectivity index (χ3n) is 3.36. The monoisotopic (exact) mass is 303 g/mol. The summed E-state index contributed by atoms with van der Waals surface area (Å²) in [5, 5.41) is 12.6. The summed E-state index contributed by atoms with van der Waals surface area (Å²) in [4.78, 5) is 12.1. The van der Waals surface area contributed by atoms with Crippen molar-refractivity contribution in [2.45, 2.75) is 19.1 Å². The van der Waals surface area contributed by atoms with E-state index in [2.05, 4.69) is 5.32 Å². The quantitative estimate of drug-likeness (QED) is 0.896. The molecule has 0 saturated carbocycles. The number of benzene rings is 1. The van der Waals surface area contributed by atoms with Crippen LogP contribution in [-0.2, 0) is 4.79 Å². The van der Waals surface area contributed by atoms with E-state index in [4.69, 9.17) is 13.9 Å². The number of hydrogen-bond acceptors (Lipinski definition) is 5. The molecule has 0 bridgehead atoms. The normalized spacial score (nSPS) is 17.8. The Morgan fingerprint density at radius 2 is 2.09 bits per heavy atom. The maximum Gasteiger partial charge on any atom is 0.264 e. The molecule has 2 atom stereocenters. The van der Waals surface area contributed by atoms with E-state index in [0.717, 1.165) is 0 Å². The van der Waals surface area contributed by atoms with Gasteiger partial charge in [0.15, 0.2) is 11.5 Å². The highest BCUT2D eigenvalue weighted by atomic mass is 16.6. The SMILES string of the molecule is Cc1ccc([C@@H](O)CNC(=O)[C@H]2COc3ccccc3O2)o1. The van der Waals surface area contributed by atoms with Gasteiger partial charge < -0.3 is 24.3 Å². The zero-order valence-electron chi connectivity index (χ0n) is 12.1. The first-order chi connectivity index (χ1) is 10.6. The molecule has 0 fully saturated rings. The summed E-state index contributed by atoms with van der Waals surface area (Å²) < 4.78 is 16.4. The Morgan fingerprint density at radius 3 is 2.82 bits per heavy atom. The maximum atomic E-state index is 12.1. The van der Waals surface area contributed by atoms with Crippen molar-refractivity contribution < 1.29 is 23.8 Å². The van der Waals surface area contributed by atoms with Gasteiger partial charge in [0.25, 0.3) is 5.91 Å². The van der Waals surface area contributed by atoms with Gasteiger partial charge in [-0.15, -0.1) is 0 Å². The van der Waals surface area contributed by atoms with Gasteiger partial charge in [0.2, 0.25) is 6.10 Å². The van der Waals surface area contributed by atoms with E-state index >= 15 is 0 Å². The fourth-order valence-electron chi connectivity index (χ4n) is 2.19. The molecule has 1 aliphatic heterocycles. The van der Waals surface area contributed by atoms with Crippen molar-refractivity contribution in [1.29, 1.82) is 0 Å². The fourth-order valence-corrected chi connectivity index (χ4v) is 2.19. The van der Waals surface area contributed by atoms with E-state index < -0.39 is 12.2 Å². The standard InChI is InChI=1S/C16H17NO5/c1-10-6-7-12(21-10)11(18)8-17-16(19)15-9-20-13-4-2-3-5-14(13)22-15/h2-7,11,15,18H,8-9H2,1H3,(H,17,19)/t11-,15+/m0/s1. The van der Waals surface area contributed by atoms with E-state index in [1.807, 2.05) is 12.1 Å². The lowest BCUT2D eigenvalue weighted by Crippen LogP contribution is -2.45. The lowest BCUT2D eigenvalue weighted by atomic mass is 10.2. The number of aliphatic hydroxyl groups excluding tert-OH is 1. The smallest absolute Gasteiger partial charge is 0.264 e. The van der Waals surface area contributed by atoms with Gasteiger partial charge in [-0.1, -0.05) is 12.1 Å².